The standard InChI is InChI=1S/C15H26N2S/c1-13(2)12-15-6-5-14(18-15)4-3-9-17-10-7-16-8-11-17/h5-6,13,16H,3-4,7-12H2,1-2H3. The first-order valence-corrected chi connectivity index (χ1v) is 8.06. The molecule has 0 radical (unpaired) electrons. The molecular formula is C15H26N2S. The van der Waals surface area contributed by atoms with Crippen LogP contribution in [0.25, 0.3) is 0 Å². The van der Waals surface area contributed by atoms with E-state index in [0.29, 0.717) is 0 Å². The highest BCUT2D eigenvalue weighted by Gasteiger charge is 2.09. The Morgan fingerprint density at radius 2 is 1.94 bits per heavy atom. The molecule has 1 aromatic heterocycles. The maximum absolute atomic E-state index is 3.40. The first kappa shape index (κ1) is 14.0. The summed E-state index contributed by atoms with van der Waals surface area (Å²) in [5.74, 6) is 0.775. The van der Waals surface area contributed by atoms with Crippen LogP contribution >= 0.6 is 11.3 Å². The maximum Gasteiger partial charge on any atom is 0.0107 e. The van der Waals surface area contributed by atoms with Crippen molar-refractivity contribution in [2.75, 3.05) is 32.7 Å². The average molecular weight is 266 g/mol. The molecule has 0 atom stereocenters. The molecule has 0 aliphatic carbocycles. The molecule has 0 spiro atoms. The van der Waals surface area contributed by atoms with Gasteiger partial charge in [0.1, 0.15) is 0 Å². The Bertz CT molecular complexity index is 340. The molecule has 0 amide bonds. The molecule has 2 heterocycles. The van der Waals surface area contributed by atoms with Crippen LogP contribution in [0.4, 0.5) is 0 Å². The van der Waals surface area contributed by atoms with Crippen LogP contribution in [-0.2, 0) is 12.8 Å². The van der Waals surface area contributed by atoms with Crippen molar-refractivity contribution in [3.8, 4) is 0 Å². The van der Waals surface area contributed by atoms with Crippen LogP contribution in [0.15, 0.2) is 12.1 Å². The Morgan fingerprint density at radius 1 is 1.22 bits per heavy atom. The van der Waals surface area contributed by atoms with E-state index < -0.39 is 0 Å². The third-order valence-corrected chi connectivity index (χ3v) is 4.60. The zero-order chi connectivity index (χ0) is 12.8. The molecule has 2 rings (SSSR count). The van der Waals surface area contributed by atoms with E-state index in [2.05, 4.69) is 36.2 Å². The van der Waals surface area contributed by atoms with Gasteiger partial charge in [-0.2, -0.15) is 0 Å². The van der Waals surface area contributed by atoms with Gasteiger partial charge in [0, 0.05) is 35.9 Å². The molecule has 1 fully saturated rings. The summed E-state index contributed by atoms with van der Waals surface area (Å²) < 4.78 is 0. The lowest BCUT2D eigenvalue weighted by Crippen LogP contribution is -2.43. The summed E-state index contributed by atoms with van der Waals surface area (Å²) >= 11 is 2.02. The lowest BCUT2D eigenvalue weighted by molar-refractivity contribution is 0.239. The molecule has 0 bridgehead atoms. The molecule has 102 valence electrons. The molecule has 1 N–H and O–H groups in total. The van der Waals surface area contributed by atoms with Gasteiger partial charge in [0.05, 0.1) is 0 Å². The van der Waals surface area contributed by atoms with Gasteiger partial charge in [-0.15, -0.1) is 11.3 Å². The number of rotatable bonds is 6. The van der Waals surface area contributed by atoms with Crippen molar-refractivity contribution in [3.05, 3.63) is 21.9 Å². The first-order chi connectivity index (χ1) is 8.74. The van der Waals surface area contributed by atoms with E-state index in [1.165, 1.54) is 38.9 Å². The third-order valence-electron chi connectivity index (χ3n) is 3.43. The van der Waals surface area contributed by atoms with E-state index in [1.54, 1.807) is 9.75 Å². The predicted octanol–water partition coefficient (Wildman–Crippen LogP) is 2.78. The van der Waals surface area contributed by atoms with Gasteiger partial charge in [-0.3, -0.25) is 0 Å². The SMILES string of the molecule is CC(C)Cc1ccc(CCCN2CCNCC2)s1. The Balaban J connectivity index is 1.67. The summed E-state index contributed by atoms with van der Waals surface area (Å²) in [4.78, 5) is 5.71. The highest BCUT2D eigenvalue weighted by Crippen LogP contribution is 2.21. The Labute approximate surface area is 115 Å². The average Bonchev–Trinajstić information content (AvgIpc) is 2.77. The summed E-state index contributed by atoms with van der Waals surface area (Å²) in [6.45, 7) is 10.6. The van der Waals surface area contributed by atoms with Crippen molar-refractivity contribution in [1.29, 1.82) is 0 Å². The zero-order valence-corrected chi connectivity index (χ0v) is 12.6. The Kier molecular flexibility index (Phi) is 5.67. The number of aryl methyl sites for hydroxylation is 1. The largest absolute Gasteiger partial charge is 0.314 e. The smallest absolute Gasteiger partial charge is 0.0107 e. The van der Waals surface area contributed by atoms with Crippen LogP contribution in [0.2, 0.25) is 0 Å². The van der Waals surface area contributed by atoms with E-state index in [1.807, 2.05) is 11.3 Å². The quantitative estimate of drug-likeness (QED) is 0.852. The monoisotopic (exact) mass is 266 g/mol. The van der Waals surface area contributed by atoms with Crippen molar-refractivity contribution in [2.24, 2.45) is 5.92 Å². The molecule has 3 heteroatoms. The topological polar surface area (TPSA) is 15.3 Å². The highest BCUT2D eigenvalue weighted by molar-refractivity contribution is 7.11. The van der Waals surface area contributed by atoms with Gasteiger partial charge in [0.15, 0.2) is 0 Å². The van der Waals surface area contributed by atoms with E-state index >= 15 is 0 Å². The summed E-state index contributed by atoms with van der Waals surface area (Å²) in [5, 5.41) is 3.40. The van der Waals surface area contributed by atoms with Crippen LogP contribution in [0.3, 0.4) is 0 Å². The van der Waals surface area contributed by atoms with Gasteiger partial charge in [-0.1, -0.05) is 13.8 Å². The molecule has 0 saturated carbocycles. The molecule has 0 unspecified atom stereocenters. The van der Waals surface area contributed by atoms with Crippen molar-refractivity contribution in [3.63, 3.8) is 0 Å². The van der Waals surface area contributed by atoms with Crippen molar-refractivity contribution in [1.82, 2.24) is 10.2 Å². The molecule has 1 aromatic rings. The lowest BCUT2D eigenvalue weighted by atomic mass is 10.1. The van der Waals surface area contributed by atoms with E-state index in [0.717, 1.165) is 19.0 Å². The minimum absolute atomic E-state index is 0.775. The number of nitrogens with one attached hydrogen (secondary N) is 1. The summed E-state index contributed by atoms with van der Waals surface area (Å²) in [6, 6.07) is 4.66. The number of thiophene rings is 1. The second-order valence-electron chi connectivity index (χ2n) is 5.66. The summed E-state index contributed by atoms with van der Waals surface area (Å²) in [6.07, 6.45) is 3.80. The Morgan fingerprint density at radius 3 is 2.67 bits per heavy atom. The number of nitrogens with zero attached hydrogens (tertiary/aromatic N) is 1. The summed E-state index contributed by atoms with van der Waals surface area (Å²) in [7, 11) is 0. The van der Waals surface area contributed by atoms with E-state index in [-0.39, 0.29) is 0 Å². The molecule has 1 aliphatic heterocycles. The minimum atomic E-state index is 0.775. The van der Waals surface area contributed by atoms with Crippen LogP contribution in [0.1, 0.15) is 30.0 Å². The normalized spacial score (nSPS) is 17.5. The van der Waals surface area contributed by atoms with Gasteiger partial charge in [0.2, 0.25) is 0 Å². The number of hydrogen-bond donors (Lipinski definition) is 1. The first-order valence-electron chi connectivity index (χ1n) is 7.24. The van der Waals surface area contributed by atoms with Gasteiger partial charge >= 0.3 is 0 Å². The highest BCUT2D eigenvalue weighted by atomic mass is 32.1. The van der Waals surface area contributed by atoms with Crippen LogP contribution < -0.4 is 5.32 Å². The molecule has 18 heavy (non-hydrogen) atoms. The van der Waals surface area contributed by atoms with E-state index in [9.17, 15) is 0 Å². The molecule has 2 nitrogen and oxygen atoms in total. The fourth-order valence-corrected chi connectivity index (χ4v) is 3.75. The van der Waals surface area contributed by atoms with Crippen LogP contribution in [0.5, 0.6) is 0 Å². The minimum Gasteiger partial charge on any atom is -0.314 e. The molecular weight excluding hydrogens is 240 g/mol. The second kappa shape index (κ2) is 7.27. The number of piperazine rings is 1. The van der Waals surface area contributed by atoms with Gasteiger partial charge < -0.3 is 10.2 Å². The molecule has 1 aliphatic rings. The predicted molar refractivity (Wildman–Crippen MR) is 80.5 cm³/mol. The van der Waals surface area contributed by atoms with Gasteiger partial charge in [-0.05, 0) is 43.9 Å². The molecule has 1 saturated heterocycles. The maximum atomic E-state index is 3.40. The van der Waals surface area contributed by atoms with Gasteiger partial charge in [-0.25, -0.2) is 0 Å². The van der Waals surface area contributed by atoms with Crippen LogP contribution in [0, 0.1) is 5.92 Å². The Hall–Kier alpha value is -0.380. The third kappa shape index (κ3) is 4.71. The summed E-state index contributed by atoms with van der Waals surface area (Å²) in [5.41, 5.74) is 0. The van der Waals surface area contributed by atoms with Gasteiger partial charge in [0.25, 0.3) is 0 Å². The lowest BCUT2D eigenvalue weighted by Gasteiger charge is -2.26. The van der Waals surface area contributed by atoms with Crippen molar-refractivity contribution >= 4 is 11.3 Å². The van der Waals surface area contributed by atoms with Crippen LogP contribution in [-0.4, -0.2) is 37.6 Å². The molecule has 0 aromatic carbocycles. The van der Waals surface area contributed by atoms with E-state index in [4.69, 9.17) is 0 Å². The number of hydrogen-bond acceptors (Lipinski definition) is 3. The fraction of sp³-hybridized carbons (Fsp3) is 0.733. The van der Waals surface area contributed by atoms with Crippen molar-refractivity contribution < 1.29 is 0 Å². The fourth-order valence-electron chi connectivity index (χ4n) is 2.48. The van der Waals surface area contributed by atoms with Crippen molar-refractivity contribution in [2.45, 2.75) is 33.1 Å². The second-order valence-corrected chi connectivity index (χ2v) is 6.91. The zero-order valence-electron chi connectivity index (χ0n) is 11.7.